The summed E-state index contributed by atoms with van der Waals surface area (Å²) in [6, 6.07) is 0.600. The fourth-order valence-corrected chi connectivity index (χ4v) is 1.09. The molecular formula is C7H14N2O. The van der Waals surface area contributed by atoms with Crippen LogP contribution in [0.15, 0.2) is 0 Å². The SMILES string of the molecule is C[C@@H]1N[C@@H](C)[C@H](C)NC1=O. The molecule has 58 valence electrons. The van der Waals surface area contributed by atoms with Crippen molar-refractivity contribution >= 4 is 5.91 Å². The van der Waals surface area contributed by atoms with Crippen LogP contribution in [0.3, 0.4) is 0 Å². The number of piperazine rings is 1. The van der Waals surface area contributed by atoms with Crippen molar-refractivity contribution in [1.29, 1.82) is 0 Å². The Hall–Kier alpha value is -0.570. The minimum absolute atomic E-state index is 0.0359. The van der Waals surface area contributed by atoms with Gasteiger partial charge in [-0.05, 0) is 20.8 Å². The summed E-state index contributed by atoms with van der Waals surface area (Å²) in [5.41, 5.74) is 0. The smallest absolute Gasteiger partial charge is 0.237 e. The second-order valence-electron chi connectivity index (χ2n) is 2.97. The predicted molar refractivity (Wildman–Crippen MR) is 39.7 cm³/mol. The molecule has 1 fully saturated rings. The molecule has 3 nitrogen and oxygen atoms in total. The van der Waals surface area contributed by atoms with Gasteiger partial charge in [0, 0.05) is 12.1 Å². The zero-order valence-corrected chi connectivity index (χ0v) is 6.64. The van der Waals surface area contributed by atoms with Crippen molar-refractivity contribution in [2.75, 3.05) is 0 Å². The third kappa shape index (κ3) is 1.29. The Morgan fingerprint density at radius 2 is 1.80 bits per heavy atom. The van der Waals surface area contributed by atoms with Crippen LogP contribution in [0, 0.1) is 0 Å². The third-order valence-corrected chi connectivity index (χ3v) is 2.03. The summed E-state index contributed by atoms with van der Waals surface area (Å²) in [6.45, 7) is 5.94. The highest BCUT2D eigenvalue weighted by molar-refractivity contribution is 5.82. The minimum Gasteiger partial charge on any atom is -0.351 e. The summed E-state index contributed by atoms with van der Waals surface area (Å²) in [5.74, 6) is 0.102. The van der Waals surface area contributed by atoms with Crippen molar-refractivity contribution in [2.45, 2.75) is 38.9 Å². The van der Waals surface area contributed by atoms with Gasteiger partial charge >= 0.3 is 0 Å². The van der Waals surface area contributed by atoms with E-state index >= 15 is 0 Å². The molecular weight excluding hydrogens is 128 g/mol. The first-order chi connectivity index (χ1) is 4.61. The molecule has 0 saturated carbocycles. The molecule has 1 rings (SSSR count). The van der Waals surface area contributed by atoms with Gasteiger partial charge in [-0.2, -0.15) is 0 Å². The molecule has 1 aliphatic heterocycles. The summed E-state index contributed by atoms with van der Waals surface area (Å²) in [6.07, 6.45) is 0. The van der Waals surface area contributed by atoms with Crippen molar-refractivity contribution in [2.24, 2.45) is 0 Å². The molecule has 0 bridgehead atoms. The average Bonchev–Trinajstić information content (AvgIpc) is 1.84. The van der Waals surface area contributed by atoms with Gasteiger partial charge < -0.3 is 10.6 Å². The Morgan fingerprint density at radius 3 is 2.30 bits per heavy atom. The van der Waals surface area contributed by atoms with Crippen molar-refractivity contribution < 1.29 is 4.79 Å². The van der Waals surface area contributed by atoms with Gasteiger partial charge in [-0.25, -0.2) is 0 Å². The van der Waals surface area contributed by atoms with Gasteiger partial charge in [0.25, 0.3) is 0 Å². The van der Waals surface area contributed by atoms with Gasteiger partial charge in [-0.15, -0.1) is 0 Å². The monoisotopic (exact) mass is 142 g/mol. The lowest BCUT2D eigenvalue weighted by atomic mass is 10.1. The van der Waals surface area contributed by atoms with Crippen LogP contribution < -0.4 is 10.6 Å². The molecule has 0 radical (unpaired) electrons. The molecule has 0 spiro atoms. The van der Waals surface area contributed by atoms with Gasteiger partial charge in [-0.3, -0.25) is 4.79 Å². The van der Waals surface area contributed by atoms with E-state index in [0.29, 0.717) is 6.04 Å². The van der Waals surface area contributed by atoms with E-state index in [1.165, 1.54) is 0 Å². The maximum absolute atomic E-state index is 11.0. The topological polar surface area (TPSA) is 41.1 Å². The summed E-state index contributed by atoms with van der Waals surface area (Å²) in [4.78, 5) is 11.0. The first-order valence-electron chi connectivity index (χ1n) is 3.67. The molecule has 3 atom stereocenters. The first kappa shape index (κ1) is 7.54. The van der Waals surface area contributed by atoms with E-state index in [1.807, 2.05) is 13.8 Å². The van der Waals surface area contributed by atoms with Crippen LogP contribution in [0.2, 0.25) is 0 Å². The summed E-state index contributed by atoms with van der Waals surface area (Å²) >= 11 is 0. The molecule has 1 heterocycles. The zero-order valence-electron chi connectivity index (χ0n) is 6.64. The fraction of sp³-hybridized carbons (Fsp3) is 0.857. The molecule has 0 aliphatic carbocycles. The van der Waals surface area contributed by atoms with Crippen LogP contribution in [-0.2, 0) is 4.79 Å². The van der Waals surface area contributed by atoms with E-state index in [2.05, 4.69) is 17.6 Å². The van der Waals surface area contributed by atoms with Crippen LogP contribution >= 0.6 is 0 Å². The minimum atomic E-state index is -0.0359. The number of hydrogen-bond acceptors (Lipinski definition) is 2. The van der Waals surface area contributed by atoms with Crippen molar-refractivity contribution in [3.63, 3.8) is 0 Å². The third-order valence-electron chi connectivity index (χ3n) is 2.03. The second kappa shape index (κ2) is 2.58. The van der Waals surface area contributed by atoms with Crippen LogP contribution in [0.5, 0.6) is 0 Å². The Balaban J connectivity index is 2.54. The fourth-order valence-electron chi connectivity index (χ4n) is 1.09. The average molecular weight is 142 g/mol. The van der Waals surface area contributed by atoms with E-state index in [-0.39, 0.29) is 18.0 Å². The van der Waals surface area contributed by atoms with Gasteiger partial charge in [0.1, 0.15) is 0 Å². The van der Waals surface area contributed by atoms with Gasteiger partial charge in [0.15, 0.2) is 0 Å². The lowest BCUT2D eigenvalue weighted by Crippen LogP contribution is -2.60. The van der Waals surface area contributed by atoms with Crippen LogP contribution in [-0.4, -0.2) is 24.0 Å². The molecule has 3 heteroatoms. The van der Waals surface area contributed by atoms with Crippen LogP contribution in [0.25, 0.3) is 0 Å². The number of hydrogen-bond donors (Lipinski definition) is 2. The van der Waals surface area contributed by atoms with Gasteiger partial charge in [0.05, 0.1) is 6.04 Å². The maximum Gasteiger partial charge on any atom is 0.237 e. The van der Waals surface area contributed by atoms with E-state index < -0.39 is 0 Å². The van der Waals surface area contributed by atoms with Gasteiger partial charge in [-0.1, -0.05) is 0 Å². The standard InChI is InChI=1S/C7H14N2O/c1-4-5(2)9-7(10)6(3)8-4/h4-6,8H,1-3H3,(H,9,10)/t4-,5-,6-/m0/s1. The highest BCUT2D eigenvalue weighted by atomic mass is 16.2. The predicted octanol–water partition coefficient (Wildman–Crippen LogP) is -0.129. The first-order valence-corrected chi connectivity index (χ1v) is 3.67. The Bertz CT molecular complexity index is 147. The normalized spacial score (nSPS) is 41.1. The Labute approximate surface area is 61.2 Å². The van der Waals surface area contributed by atoms with E-state index in [4.69, 9.17) is 0 Å². The lowest BCUT2D eigenvalue weighted by Gasteiger charge is -2.31. The van der Waals surface area contributed by atoms with Crippen molar-refractivity contribution in [1.82, 2.24) is 10.6 Å². The molecule has 2 N–H and O–H groups in total. The lowest BCUT2D eigenvalue weighted by molar-refractivity contribution is -0.125. The van der Waals surface area contributed by atoms with E-state index in [9.17, 15) is 4.79 Å². The van der Waals surface area contributed by atoms with Crippen molar-refractivity contribution in [3.05, 3.63) is 0 Å². The molecule has 1 aliphatic rings. The second-order valence-corrected chi connectivity index (χ2v) is 2.97. The van der Waals surface area contributed by atoms with Crippen molar-refractivity contribution in [3.8, 4) is 0 Å². The number of amides is 1. The highest BCUT2D eigenvalue weighted by Gasteiger charge is 2.26. The molecule has 0 aromatic rings. The van der Waals surface area contributed by atoms with Crippen LogP contribution in [0.4, 0.5) is 0 Å². The van der Waals surface area contributed by atoms with E-state index in [1.54, 1.807) is 0 Å². The summed E-state index contributed by atoms with van der Waals surface area (Å²) < 4.78 is 0. The molecule has 0 aromatic heterocycles. The molecule has 0 unspecified atom stereocenters. The summed E-state index contributed by atoms with van der Waals surface area (Å²) in [5, 5.41) is 6.04. The molecule has 0 aromatic carbocycles. The highest BCUT2D eigenvalue weighted by Crippen LogP contribution is 2.00. The summed E-state index contributed by atoms with van der Waals surface area (Å²) in [7, 11) is 0. The zero-order chi connectivity index (χ0) is 7.72. The number of carbonyl (C=O) groups is 1. The number of rotatable bonds is 0. The number of nitrogens with one attached hydrogen (secondary N) is 2. The molecule has 1 amide bonds. The quantitative estimate of drug-likeness (QED) is 0.494. The van der Waals surface area contributed by atoms with Gasteiger partial charge in [0.2, 0.25) is 5.91 Å². The van der Waals surface area contributed by atoms with Crippen LogP contribution in [0.1, 0.15) is 20.8 Å². The molecule has 1 saturated heterocycles. The Morgan fingerprint density at radius 1 is 1.20 bits per heavy atom. The Kier molecular flexibility index (Phi) is 1.94. The largest absolute Gasteiger partial charge is 0.351 e. The molecule has 10 heavy (non-hydrogen) atoms. The number of carbonyl (C=O) groups excluding carboxylic acids is 1. The van der Waals surface area contributed by atoms with E-state index in [0.717, 1.165) is 0 Å². The maximum atomic E-state index is 11.0.